The van der Waals surface area contributed by atoms with Crippen LogP contribution in [0.1, 0.15) is 128 Å². The summed E-state index contributed by atoms with van der Waals surface area (Å²) in [5.41, 5.74) is -1.50. The highest BCUT2D eigenvalue weighted by Gasteiger charge is 2.45. The molecule has 0 aromatic rings. The SMILES string of the molecule is C#CCCC(NC(=O)[C@@H]1CC(C)CN1C(=O)C(NC(=O)NC(C)(CCCCC)CS(=O)C(C)(C)C)C(C)(C)C)C(=O)C(=O)NCCSC.CCC. The minimum atomic E-state index is -1.22. The van der Waals surface area contributed by atoms with Crippen LogP contribution < -0.4 is 21.3 Å². The topological polar surface area (TPSA) is 154 Å². The summed E-state index contributed by atoms with van der Waals surface area (Å²) in [5.74, 6) is 0.769. The van der Waals surface area contributed by atoms with Crippen molar-refractivity contribution >= 4 is 52.1 Å². The third kappa shape index (κ3) is 17.7. The summed E-state index contributed by atoms with van der Waals surface area (Å²) in [6.45, 7) is 22.0. The van der Waals surface area contributed by atoms with Crippen LogP contribution in [0.25, 0.3) is 0 Å². The minimum absolute atomic E-state index is 0.0249. The largest absolute Gasteiger partial charge is 0.349 e. The molecule has 0 spiro atoms. The zero-order valence-corrected chi connectivity index (χ0v) is 35.2. The van der Waals surface area contributed by atoms with Gasteiger partial charge >= 0.3 is 6.03 Å². The van der Waals surface area contributed by atoms with Crippen molar-refractivity contribution in [3.63, 3.8) is 0 Å². The van der Waals surface area contributed by atoms with E-state index >= 15 is 0 Å². The molecule has 11 nitrogen and oxygen atoms in total. The van der Waals surface area contributed by atoms with E-state index in [1.165, 1.54) is 23.1 Å². The average Bonchev–Trinajstić information content (AvgIpc) is 3.42. The van der Waals surface area contributed by atoms with E-state index in [2.05, 4.69) is 48.0 Å². The van der Waals surface area contributed by atoms with Gasteiger partial charge < -0.3 is 26.2 Å². The molecule has 0 radical (unpaired) electrons. The van der Waals surface area contributed by atoms with Crippen molar-refractivity contribution in [2.45, 2.75) is 156 Å². The Balaban J connectivity index is 0.00000802. The van der Waals surface area contributed by atoms with Gasteiger partial charge in [-0.2, -0.15) is 11.8 Å². The van der Waals surface area contributed by atoms with Gasteiger partial charge in [-0.15, -0.1) is 12.3 Å². The molecule has 0 aromatic heterocycles. The third-order valence-electron chi connectivity index (χ3n) is 8.39. The molecule has 1 heterocycles. The van der Waals surface area contributed by atoms with Crippen molar-refractivity contribution in [3.8, 4) is 12.3 Å². The standard InChI is InChI=1S/C35H61N5O6S2.C3H8/c1-12-14-16-18-35(10,23-48(46)34(7,8)9)39-32(45)38-28(33(4,5)6)31(44)40-22-24(3)21-26(40)29(42)37-25(17-15-13-2)27(41)30(43)36-19-20-47-11;1-3-2/h2,24-26,28H,12,14-23H2,1,3-11H3,(H,36,43)(H,37,42)(H2,38,39,45);3H2,1-2H3/t24?,25?,26-,28?,35?,48?;/m0./s1. The van der Waals surface area contributed by atoms with Gasteiger partial charge in [0.1, 0.15) is 12.1 Å². The molecule has 5 amide bonds. The number of Topliss-reactive ketones (excluding diaryl/α,β-unsaturated/α-hetero) is 1. The van der Waals surface area contributed by atoms with Gasteiger partial charge in [-0.1, -0.05) is 74.1 Å². The minimum Gasteiger partial charge on any atom is -0.349 e. The number of hydrogen-bond acceptors (Lipinski definition) is 7. The van der Waals surface area contributed by atoms with Gasteiger partial charge in [0.2, 0.25) is 17.6 Å². The summed E-state index contributed by atoms with van der Waals surface area (Å²) in [6.07, 6.45) is 12.6. The van der Waals surface area contributed by atoms with Crippen molar-refractivity contribution in [2.75, 3.05) is 30.9 Å². The zero-order valence-electron chi connectivity index (χ0n) is 33.6. The van der Waals surface area contributed by atoms with Crippen LogP contribution in [-0.4, -0.2) is 97.9 Å². The van der Waals surface area contributed by atoms with Gasteiger partial charge in [0.25, 0.3) is 5.91 Å². The number of unbranched alkanes of at least 4 members (excludes halogenated alkanes) is 2. The number of nitrogens with zero attached hydrogens (tertiary/aromatic N) is 1. The molecule has 1 fully saturated rings. The summed E-state index contributed by atoms with van der Waals surface area (Å²) in [5, 5.41) is 11.2. The van der Waals surface area contributed by atoms with Crippen LogP contribution in [0.3, 0.4) is 0 Å². The van der Waals surface area contributed by atoms with Crippen LogP contribution in [0, 0.1) is 23.7 Å². The van der Waals surface area contributed by atoms with Crippen molar-refractivity contribution in [3.05, 3.63) is 0 Å². The molecule has 0 saturated carbocycles. The maximum absolute atomic E-state index is 14.2. The molecule has 294 valence electrons. The summed E-state index contributed by atoms with van der Waals surface area (Å²) in [7, 11) is -1.22. The zero-order chi connectivity index (χ0) is 39.6. The highest BCUT2D eigenvalue weighted by atomic mass is 32.2. The lowest BCUT2D eigenvalue weighted by molar-refractivity contribution is -0.143. The Morgan fingerprint density at radius 3 is 2.12 bits per heavy atom. The van der Waals surface area contributed by atoms with Crippen LogP contribution in [0.2, 0.25) is 0 Å². The van der Waals surface area contributed by atoms with E-state index in [-0.39, 0.29) is 31.1 Å². The number of carbonyl (C=O) groups excluding carboxylic acids is 5. The molecule has 0 aliphatic carbocycles. The number of ketones is 1. The molecule has 0 bridgehead atoms. The Morgan fingerprint density at radius 1 is 1.00 bits per heavy atom. The van der Waals surface area contributed by atoms with Crippen LogP contribution in [-0.2, 0) is 30.0 Å². The van der Waals surface area contributed by atoms with Crippen molar-refractivity contribution < 1.29 is 28.2 Å². The van der Waals surface area contributed by atoms with Gasteiger partial charge in [0, 0.05) is 46.6 Å². The Labute approximate surface area is 316 Å². The fraction of sp³-hybridized carbons (Fsp3) is 0.816. The number of rotatable bonds is 18. The van der Waals surface area contributed by atoms with Crippen molar-refractivity contribution in [1.29, 1.82) is 0 Å². The monoisotopic (exact) mass is 755 g/mol. The van der Waals surface area contributed by atoms with E-state index in [0.29, 0.717) is 25.1 Å². The smallest absolute Gasteiger partial charge is 0.315 e. The lowest BCUT2D eigenvalue weighted by atomic mass is 9.85. The third-order valence-corrected chi connectivity index (χ3v) is 11.3. The fourth-order valence-corrected chi connectivity index (χ4v) is 7.05. The summed E-state index contributed by atoms with van der Waals surface area (Å²) >= 11 is 1.52. The number of urea groups is 1. The van der Waals surface area contributed by atoms with Crippen molar-refractivity contribution in [1.82, 2.24) is 26.2 Å². The molecular weight excluding hydrogens is 687 g/mol. The number of terminal acetylenes is 1. The van der Waals surface area contributed by atoms with E-state index in [1.54, 1.807) is 0 Å². The molecule has 5 unspecified atom stereocenters. The Hall–Kier alpha value is -2.59. The molecule has 6 atom stereocenters. The first kappa shape index (κ1) is 48.4. The summed E-state index contributed by atoms with van der Waals surface area (Å²) in [4.78, 5) is 68.5. The lowest BCUT2D eigenvalue weighted by Crippen LogP contribution is -2.62. The summed E-state index contributed by atoms with van der Waals surface area (Å²) < 4.78 is 12.7. The Kier molecular flexibility index (Phi) is 22.0. The van der Waals surface area contributed by atoms with Gasteiger partial charge in [-0.05, 0) is 64.5 Å². The second-order valence-electron chi connectivity index (χ2n) is 16.0. The van der Waals surface area contributed by atoms with Gasteiger partial charge in [0.15, 0.2) is 0 Å². The van der Waals surface area contributed by atoms with Crippen LogP contribution in [0.4, 0.5) is 4.79 Å². The van der Waals surface area contributed by atoms with E-state index in [1.807, 2.05) is 61.6 Å². The maximum Gasteiger partial charge on any atom is 0.315 e. The fourth-order valence-electron chi connectivity index (χ4n) is 5.51. The van der Waals surface area contributed by atoms with Crippen LogP contribution in [0.5, 0.6) is 0 Å². The molecule has 51 heavy (non-hydrogen) atoms. The lowest BCUT2D eigenvalue weighted by Gasteiger charge is -2.38. The highest BCUT2D eigenvalue weighted by molar-refractivity contribution is 7.98. The molecule has 1 saturated heterocycles. The molecule has 13 heteroatoms. The van der Waals surface area contributed by atoms with E-state index in [9.17, 15) is 28.2 Å². The predicted octanol–water partition coefficient (Wildman–Crippen LogP) is 5.19. The first-order valence-corrected chi connectivity index (χ1v) is 21.2. The van der Waals surface area contributed by atoms with E-state index in [4.69, 9.17) is 6.42 Å². The number of hydrogen-bond donors (Lipinski definition) is 4. The maximum atomic E-state index is 14.2. The van der Waals surface area contributed by atoms with Crippen molar-refractivity contribution in [2.24, 2.45) is 11.3 Å². The normalized spacial score (nSPS) is 18.8. The number of thioether (sulfide) groups is 1. The van der Waals surface area contributed by atoms with Gasteiger partial charge in [-0.3, -0.25) is 23.4 Å². The van der Waals surface area contributed by atoms with Crippen LogP contribution in [0.15, 0.2) is 0 Å². The predicted molar refractivity (Wildman–Crippen MR) is 212 cm³/mol. The number of carbonyl (C=O) groups is 5. The quantitative estimate of drug-likeness (QED) is 0.0854. The number of nitrogens with one attached hydrogen (secondary N) is 4. The Morgan fingerprint density at radius 2 is 1.61 bits per heavy atom. The van der Waals surface area contributed by atoms with Gasteiger partial charge in [-0.25, -0.2) is 4.79 Å². The molecule has 1 aliphatic rings. The molecule has 1 aliphatic heterocycles. The van der Waals surface area contributed by atoms with Gasteiger partial charge in [0.05, 0.1) is 11.6 Å². The molecule has 0 aromatic carbocycles. The second kappa shape index (κ2) is 23.2. The van der Waals surface area contributed by atoms with E-state index < -0.39 is 74.2 Å². The number of amides is 5. The molecule has 4 N–H and O–H groups in total. The molecular formula is C38H69N5O6S2. The Bertz CT molecular complexity index is 1210. The number of likely N-dealkylation sites (tertiary alicyclic amines) is 1. The average molecular weight is 756 g/mol. The van der Waals surface area contributed by atoms with E-state index in [0.717, 1.165) is 19.3 Å². The molecule has 1 rings (SSSR count). The first-order valence-electron chi connectivity index (χ1n) is 18.4. The second-order valence-corrected chi connectivity index (χ2v) is 19.2. The van der Waals surface area contributed by atoms with Crippen LogP contribution >= 0.6 is 11.8 Å². The highest BCUT2D eigenvalue weighted by Crippen LogP contribution is 2.29. The summed E-state index contributed by atoms with van der Waals surface area (Å²) in [6, 6.07) is -3.58. The first-order chi connectivity index (χ1) is 23.6.